The number of rotatable bonds is 14. The van der Waals surface area contributed by atoms with Crippen LogP contribution in [0.4, 0.5) is 0 Å². The van der Waals surface area contributed by atoms with Gasteiger partial charge >= 0.3 is 125 Å². The average molecular weight is 389 g/mol. The molecule has 0 rings (SSSR count). The molecule has 0 saturated heterocycles. The monoisotopic (exact) mass is 386 g/mol. The summed E-state index contributed by atoms with van der Waals surface area (Å²) in [6.07, 6.45) is 17.2. The van der Waals surface area contributed by atoms with Crippen molar-refractivity contribution in [1.29, 1.82) is 0 Å². The van der Waals surface area contributed by atoms with Crippen molar-refractivity contribution in [2.45, 2.75) is 101 Å². The molecule has 3 heteroatoms. The third-order valence-corrected chi connectivity index (χ3v) is 12.4. The molecule has 19 heavy (non-hydrogen) atoms. The molecule has 0 aliphatic rings. The summed E-state index contributed by atoms with van der Waals surface area (Å²) in [6.45, 7) is 4.58. The molecule has 0 saturated carbocycles. The van der Waals surface area contributed by atoms with Crippen LogP contribution in [0.1, 0.15) is 90.9 Å². The first-order valence-electron chi connectivity index (χ1n) is 8.70. The molecule has 0 radical (unpaired) electrons. The molecule has 0 atom stereocenters. The summed E-state index contributed by atoms with van der Waals surface area (Å²) in [5.41, 5.74) is 0. The van der Waals surface area contributed by atoms with Gasteiger partial charge in [-0.3, -0.25) is 0 Å². The Kier molecular flexibility index (Phi) is 23.3. The molecule has 0 aliphatic heterocycles. The van der Waals surface area contributed by atoms with Crippen LogP contribution < -0.4 is 0 Å². The van der Waals surface area contributed by atoms with Gasteiger partial charge in [0.2, 0.25) is 0 Å². The van der Waals surface area contributed by atoms with Gasteiger partial charge in [-0.1, -0.05) is 0 Å². The van der Waals surface area contributed by atoms with E-state index in [-0.39, 0.29) is 19.5 Å². The minimum atomic E-state index is -1.38. The first kappa shape index (κ1) is 22.7. The average Bonchev–Trinajstić information content (AvgIpc) is 2.38. The fourth-order valence-corrected chi connectivity index (χ4v) is 9.34. The third kappa shape index (κ3) is 19.5. The van der Waals surface area contributed by atoms with Crippen LogP contribution in [0.5, 0.6) is 0 Å². The number of unbranched alkanes of at least 4 members (excludes halogenated alkanes) is 10. The normalized spacial score (nSPS) is 9.74. The van der Waals surface area contributed by atoms with E-state index in [1.54, 1.807) is 0 Å². The molecule has 0 aromatic heterocycles. The molecule has 0 fully saturated rings. The maximum atomic E-state index is 5.75. The van der Waals surface area contributed by atoms with Crippen LogP contribution in [0.25, 0.3) is 0 Å². The molecule has 0 spiro atoms. The van der Waals surface area contributed by atoms with Gasteiger partial charge in [0.25, 0.3) is 0 Å². The maximum absolute atomic E-state index is 5.75. The summed E-state index contributed by atoms with van der Waals surface area (Å²) < 4.78 is 0. The van der Waals surface area contributed by atoms with Crippen LogP contribution in [0.2, 0.25) is 10.0 Å². The zero-order chi connectivity index (χ0) is 13.5. The number of hydrogen-bond acceptors (Lipinski definition) is 1. The smallest absolute Gasteiger partial charge is 0 e. The first-order chi connectivity index (χ1) is 8.81. The van der Waals surface area contributed by atoms with Crippen LogP contribution in [-0.2, 0) is 33.7 Å². The molecule has 0 aromatic carbocycles. The summed E-state index contributed by atoms with van der Waals surface area (Å²) in [5.74, 6) is 0. The minimum Gasteiger partial charge on any atom is 0 e. The largest absolute Gasteiger partial charge is 0 e. The van der Waals surface area contributed by atoms with Gasteiger partial charge in [-0.25, -0.2) is 0 Å². The van der Waals surface area contributed by atoms with Gasteiger partial charge in [-0.15, -0.1) is 0 Å². The van der Waals surface area contributed by atoms with E-state index >= 15 is 0 Å². The molecule has 0 N–H and O–H groups in total. The van der Waals surface area contributed by atoms with Crippen molar-refractivity contribution in [3.05, 3.63) is 0 Å². The van der Waals surface area contributed by atoms with Gasteiger partial charge in [0.05, 0.1) is 0 Å². The second-order valence-corrected chi connectivity index (χ2v) is 16.4. The van der Waals surface area contributed by atoms with E-state index < -0.39 is 14.2 Å². The van der Waals surface area contributed by atoms with Crippen molar-refractivity contribution in [2.24, 2.45) is 0 Å². The van der Waals surface area contributed by atoms with Gasteiger partial charge in [0, 0.05) is 19.5 Å². The Hall–Kier alpha value is 1.47. The first-order valence-corrected chi connectivity index (χ1v) is 17.1. The van der Waals surface area contributed by atoms with Crippen molar-refractivity contribution >= 4 is 10.1 Å². The molecule has 0 nitrogen and oxygen atoms in total. The standard InChI is InChI=1S/2C8H17.S.2Zn/c2*1-3-5-7-8-6-4-2;;;/h2*1,3-8H2,2H3;;;. The van der Waals surface area contributed by atoms with Crippen molar-refractivity contribution in [2.75, 3.05) is 0 Å². The zero-order valence-corrected chi connectivity index (χ0v) is 20.5. The molecule has 0 unspecified atom stereocenters. The van der Waals surface area contributed by atoms with Crippen LogP contribution >= 0.6 is 10.1 Å². The van der Waals surface area contributed by atoms with Gasteiger partial charge in [0.15, 0.2) is 0 Å². The van der Waals surface area contributed by atoms with Gasteiger partial charge in [0.1, 0.15) is 0 Å². The van der Waals surface area contributed by atoms with E-state index in [2.05, 4.69) is 13.8 Å². The molecule has 0 heterocycles. The SMILES string of the molecule is CCCCCCC[CH2][Zn](=[S])[CH2]CCCCCCC.[Zn]. The third-order valence-electron chi connectivity index (χ3n) is 4.00. The summed E-state index contributed by atoms with van der Waals surface area (Å²) in [7, 11) is 5.75. The second kappa shape index (κ2) is 19.5. The van der Waals surface area contributed by atoms with Gasteiger partial charge < -0.3 is 0 Å². The molecule has 0 aliphatic carbocycles. The van der Waals surface area contributed by atoms with E-state index in [4.69, 9.17) is 10.1 Å². The van der Waals surface area contributed by atoms with Crippen molar-refractivity contribution < 1.29 is 33.7 Å². The van der Waals surface area contributed by atoms with E-state index in [1.165, 1.54) is 87.1 Å². The summed E-state index contributed by atoms with van der Waals surface area (Å²) in [4.78, 5) is 0. The van der Waals surface area contributed by atoms with Crippen molar-refractivity contribution in [3.63, 3.8) is 0 Å². The van der Waals surface area contributed by atoms with Crippen molar-refractivity contribution in [1.82, 2.24) is 0 Å². The molecular formula is C16H34SZn2. The number of hydrogen-bond donors (Lipinski definition) is 0. The molecule has 0 bridgehead atoms. The van der Waals surface area contributed by atoms with E-state index in [0.29, 0.717) is 0 Å². The second-order valence-electron chi connectivity index (χ2n) is 6.00. The quantitative estimate of drug-likeness (QED) is 0.222. The van der Waals surface area contributed by atoms with Crippen LogP contribution in [-0.4, -0.2) is 0 Å². The van der Waals surface area contributed by atoms with Gasteiger partial charge in [-0.2, -0.15) is 0 Å². The fraction of sp³-hybridized carbons (Fsp3) is 1.00. The van der Waals surface area contributed by atoms with E-state index in [9.17, 15) is 0 Å². The topological polar surface area (TPSA) is 0 Å². The zero-order valence-electron chi connectivity index (χ0n) is 13.7. The molecule has 0 aromatic rings. The van der Waals surface area contributed by atoms with Crippen LogP contribution in [0.15, 0.2) is 0 Å². The Labute approximate surface area is 144 Å². The Morgan fingerprint density at radius 1 is 0.579 bits per heavy atom. The maximum Gasteiger partial charge on any atom is 0 e. The predicted molar refractivity (Wildman–Crippen MR) is 84.0 cm³/mol. The Balaban J connectivity index is 0. The van der Waals surface area contributed by atoms with Crippen molar-refractivity contribution in [3.8, 4) is 0 Å². The molecular weight excluding hydrogens is 355 g/mol. The van der Waals surface area contributed by atoms with E-state index in [0.717, 1.165) is 0 Å². The molecule has 0 amide bonds. The Morgan fingerprint density at radius 2 is 0.895 bits per heavy atom. The van der Waals surface area contributed by atoms with Gasteiger partial charge in [-0.05, 0) is 0 Å². The minimum absolute atomic E-state index is 0. The summed E-state index contributed by atoms with van der Waals surface area (Å²) in [5, 5.41) is 2.99. The molecule has 108 valence electrons. The summed E-state index contributed by atoms with van der Waals surface area (Å²) >= 11 is -1.38. The van der Waals surface area contributed by atoms with Crippen LogP contribution in [0.3, 0.4) is 0 Å². The summed E-state index contributed by atoms with van der Waals surface area (Å²) in [6, 6.07) is 0. The van der Waals surface area contributed by atoms with E-state index in [1.807, 2.05) is 0 Å². The van der Waals surface area contributed by atoms with Crippen LogP contribution in [0, 0.1) is 0 Å². The Bertz CT molecular complexity index is 166. The fourth-order valence-electron chi connectivity index (χ4n) is 2.65. The predicted octanol–water partition coefficient (Wildman–Crippen LogP) is 7.27. The Morgan fingerprint density at radius 3 is 1.26 bits per heavy atom.